The molecule has 1 amide bonds. The molecule has 0 spiro atoms. The number of nitrogens with zero attached hydrogens (tertiary/aromatic N) is 4. The third-order valence-corrected chi connectivity index (χ3v) is 4.75. The molecule has 1 N–H and O–H groups in total. The molecule has 1 atom stereocenters. The predicted octanol–water partition coefficient (Wildman–Crippen LogP) is 3.15. The molecule has 1 aliphatic rings. The number of hydrogen-bond donors (Lipinski definition) is 1. The first-order valence-electron chi connectivity index (χ1n) is 8.97. The summed E-state index contributed by atoms with van der Waals surface area (Å²) in [7, 11) is 0. The Kier molecular flexibility index (Phi) is 4.96. The van der Waals surface area contributed by atoms with Crippen LogP contribution in [0.1, 0.15) is 17.2 Å². The van der Waals surface area contributed by atoms with Gasteiger partial charge in [-0.3, -0.25) is 24.6 Å². The fraction of sp³-hybridized carbons (Fsp3) is 0.0476. The number of Topliss-reactive ketones (excluding diaryl/α,β-unsaturated/α-hetero) is 1. The number of carbonyl (C=O) groups is 2. The van der Waals surface area contributed by atoms with Gasteiger partial charge in [0.05, 0.1) is 16.5 Å². The van der Waals surface area contributed by atoms with Gasteiger partial charge in [0.15, 0.2) is 0 Å². The Morgan fingerprint density at radius 2 is 1.65 bits per heavy atom. The van der Waals surface area contributed by atoms with Crippen LogP contribution in [0.25, 0.3) is 5.76 Å². The minimum absolute atomic E-state index is 0.0777. The molecule has 10 heteroatoms. The minimum Gasteiger partial charge on any atom is -0.507 e. The van der Waals surface area contributed by atoms with E-state index in [9.17, 15) is 29.2 Å². The predicted molar refractivity (Wildman–Crippen MR) is 106 cm³/mol. The lowest BCUT2D eigenvalue weighted by molar-refractivity contribution is -0.384. The van der Waals surface area contributed by atoms with Crippen LogP contribution in [0.2, 0.25) is 0 Å². The van der Waals surface area contributed by atoms with Crippen molar-refractivity contribution in [2.75, 3.05) is 4.90 Å². The summed E-state index contributed by atoms with van der Waals surface area (Å²) < 4.78 is 13.3. The van der Waals surface area contributed by atoms with Crippen molar-refractivity contribution in [1.82, 2.24) is 9.97 Å². The maximum Gasteiger partial charge on any atom is 0.302 e. The molecule has 0 unspecified atom stereocenters. The van der Waals surface area contributed by atoms with E-state index < -0.39 is 34.2 Å². The van der Waals surface area contributed by atoms with Gasteiger partial charge in [-0.25, -0.2) is 14.4 Å². The first-order chi connectivity index (χ1) is 14.9. The number of nitro benzene ring substituents is 1. The molecule has 154 valence electrons. The van der Waals surface area contributed by atoms with Gasteiger partial charge in [-0.05, 0) is 48.0 Å². The summed E-state index contributed by atoms with van der Waals surface area (Å²) in [6, 6.07) is 10.3. The standard InChI is InChI=1S/C21H13FN4O5/c22-14-6-2-13(3-7-14)18(27)16-17(12-4-8-15(9-5-12)26(30)31)25(20(29)19(16)28)21-23-10-1-11-24-21/h1-11,17,27H/b18-16+/t17-/m0/s1. The topological polar surface area (TPSA) is 127 Å². The summed E-state index contributed by atoms with van der Waals surface area (Å²) >= 11 is 0. The third kappa shape index (κ3) is 3.50. The van der Waals surface area contributed by atoms with Crippen molar-refractivity contribution in [3.8, 4) is 0 Å². The second kappa shape index (κ2) is 7.75. The number of carbonyl (C=O) groups excluding carboxylic acids is 2. The molecule has 4 rings (SSSR count). The van der Waals surface area contributed by atoms with E-state index >= 15 is 0 Å². The first kappa shape index (κ1) is 19.8. The van der Waals surface area contributed by atoms with E-state index in [4.69, 9.17) is 0 Å². The van der Waals surface area contributed by atoms with Crippen LogP contribution < -0.4 is 4.90 Å². The van der Waals surface area contributed by atoms with E-state index in [2.05, 4.69) is 9.97 Å². The summed E-state index contributed by atoms with van der Waals surface area (Å²) in [4.78, 5) is 45.2. The SMILES string of the molecule is O=C1C(=O)N(c2ncccn2)[C@@H](c2ccc([N+](=O)[O-])cc2)/C1=C(\O)c1ccc(F)cc1. The Balaban J connectivity index is 1.92. The van der Waals surface area contributed by atoms with Crippen molar-refractivity contribution >= 4 is 29.1 Å². The molecule has 0 radical (unpaired) electrons. The first-order valence-corrected chi connectivity index (χ1v) is 8.97. The summed E-state index contributed by atoms with van der Waals surface area (Å²) in [5, 5.41) is 21.8. The highest BCUT2D eigenvalue weighted by atomic mass is 19.1. The molecule has 3 aromatic rings. The molecule has 1 fully saturated rings. The maximum absolute atomic E-state index is 13.3. The number of aliphatic hydroxyl groups excluding tert-OH is 1. The molecule has 1 saturated heterocycles. The zero-order valence-corrected chi connectivity index (χ0v) is 15.7. The number of amides is 1. The number of ketones is 1. The van der Waals surface area contributed by atoms with Gasteiger partial charge in [-0.1, -0.05) is 0 Å². The number of rotatable bonds is 4. The molecule has 1 aliphatic heterocycles. The van der Waals surface area contributed by atoms with Gasteiger partial charge in [0.2, 0.25) is 5.95 Å². The quantitative estimate of drug-likeness (QED) is 0.226. The number of aliphatic hydroxyl groups is 1. The number of aromatic nitrogens is 2. The highest BCUT2D eigenvalue weighted by Gasteiger charge is 2.48. The average Bonchev–Trinajstić information content (AvgIpc) is 3.05. The van der Waals surface area contributed by atoms with Gasteiger partial charge in [-0.2, -0.15) is 0 Å². The number of nitro groups is 1. The number of halogens is 1. The van der Waals surface area contributed by atoms with Crippen molar-refractivity contribution in [1.29, 1.82) is 0 Å². The summed E-state index contributed by atoms with van der Waals surface area (Å²) in [5.41, 5.74) is -0.00526. The molecular weight excluding hydrogens is 407 g/mol. The maximum atomic E-state index is 13.3. The monoisotopic (exact) mass is 420 g/mol. The number of benzene rings is 2. The Bertz CT molecular complexity index is 1210. The fourth-order valence-electron chi connectivity index (χ4n) is 3.31. The zero-order chi connectivity index (χ0) is 22.1. The van der Waals surface area contributed by atoms with Crippen molar-refractivity contribution in [3.63, 3.8) is 0 Å². The summed E-state index contributed by atoms with van der Waals surface area (Å²) in [5.74, 6) is -3.09. The van der Waals surface area contributed by atoms with Crippen LogP contribution in [0.4, 0.5) is 16.0 Å². The lowest BCUT2D eigenvalue weighted by Crippen LogP contribution is -2.31. The van der Waals surface area contributed by atoms with Crippen LogP contribution in [0, 0.1) is 15.9 Å². The van der Waals surface area contributed by atoms with Gasteiger partial charge in [0.25, 0.3) is 11.5 Å². The van der Waals surface area contributed by atoms with Crippen molar-refractivity contribution in [3.05, 3.63) is 99.6 Å². The number of anilines is 1. The molecule has 0 aliphatic carbocycles. The molecule has 9 nitrogen and oxygen atoms in total. The van der Waals surface area contributed by atoms with Gasteiger partial charge < -0.3 is 5.11 Å². The summed E-state index contributed by atoms with van der Waals surface area (Å²) in [6.07, 6.45) is 2.77. The molecule has 2 aromatic carbocycles. The van der Waals surface area contributed by atoms with Gasteiger partial charge in [0, 0.05) is 30.1 Å². The average molecular weight is 420 g/mol. The lowest BCUT2D eigenvalue weighted by Gasteiger charge is -2.23. The minimum atomic E-state index is -1.15. The zero-order valence-electron chi connectivity index (χ0n) is 15.7. The van der Waals surface area contributed by atoms with Crippen molar-refractivity contribution in [2.45, 2.75) is 6.04 Å². The van der Waals surface area contributed by atoms with E-state index in [-0.39, 0.29) is 22.8 Å². The largest absolute Gasteiger partial charge is 0.507 e. The van der Waals surface area contributed by atoms with Crippen LogP contribution in [0.15, 0.2) is 72.6 Å². The van der Waals surface area contributed by atoms with E-state index in [1.165, 1.54) is 54.9 Å². The van der Waals surface area contributed by atoms with Crippen molar-refractivity contribution in [2.24, 2.45) is 0 Å². The van der Waals surface area contributed by atoms with E-state index in [0.29, 0.717) is 5.56 Å². The smallest absolute Gasteiger partial charge is 0.302 e. The van der Waals surface area contributed by atoms with Gasteiger partial charge >= 0.3 is 5.91 Å². The Morgan fingerprint density at radius 1 is 1.03 bits per heavy atom. The van der Waals surface area contributed by atoms with E-state index in [1.807, 2.05) is 0 Å². The normalized spacial score (nSPS) is 17.7. The fourth-order valence-corrected chi connectivity index (χ4v) is 3.31. The van der Waals surface area contributed by atoms with Crippen LogP contribution in [0.5, 0.6) is 0 Å². The molecule has 1 aromatic heterocycles. The highest BCUT2D eigenvalue weighted by molar-refractivity contribution is 6.51. The van der Waals surface area contributed by atoms with Crippen LogP contribution >= 0.6 is 0 Å². The van der Waals surface area contributed by atoms with Crippen LogP contribution in [0.3, 0.4) is 0 Å². The number of non-ortho nitro benzene ring substituents is 1. The molecule has 0 saturated carbocycles. The lowest BCUT2D eigenvalue weighted by atomic mass is 9.95. The Hall–Kier alpha value is -4.47. The molecule has 2 heterocycles. The summed E-state index contributed by atoms with van der Waals surface area (Å²) in [6.45, 7) is 0. The second-order valence-electron chi connectivity index (χ2n) is 6.57. The van der Waals surface area contributed by atoms with E-state index in [0.717, 1.165) is 17.0 Å². The van der Waals surface area contributed by atoms with Gasteiger partial charge in [0.1, 0.15) is 11.6 Å². The van der Waals surface area contributed by atoms with Crippen LogP contribution in [-0.2, 0) is 9.59 Å². The molecular formula is C21H13FN4O5. The highest BCUT2D eigenvalue weighted by Crippen LogP contribution is 2.41. The third-order valence-electron chi connectivity index (χ3n) is 4.75. The van der Waals surface area contributed by atoms with Crippen molar-refractivity contribution < 1.29 is 24.0 Å². The van der Waals surface area contributed by atoms with E-state index in [1.54, 1.807) is 0 Å². The number of hydrogen-bond acceptors (Lipinski definition) is 7. The Labute approximate surface area is 174 Å². The van der Waals surface area contributed by atoms with Crippen LogP contribution in [-0.4, -0.2) is 31.7 Å². The second-order valence-corrected chi connectivity index (χ2v) is 6.57. The molecule has 0 bridgehead atoms. The van der Waals surface area contributed by atoms with Gasteiger partial charge in [-0.15, -0.1) is 0 Å². The molecule has 31 heavy (non-hydrogen) atoms. The Morgan fingerprint density at radius 3 is 2.23 bits per heavy atom.